The van der Waals surface area contributed by atoms with Crippen LogP contribution in [0.3, 0.4) is 0 Å². The molecule has 0 amide bonds. The third kappa shape index (κ3) is 2.43. The van der Waals surface area contributed by atoms with E-state index in [1.54, 1.807) is 19.9 Å². The van der Waals surface area contributed by atoms with E-state index in [1.807, 2.05) is 0 Å². The van der Waals surface area contributed by atoms with E-state index in [2.05, 4.69) is 0 Å². The highest BCUT2D eigenvalue weighted by molar-refractivity contribution is 5.41. The van der Waals surface area contributed by atoms with E-state index in [0.29, 0.717) is 5.56 Å². The summed E-state index contributed by atoms with van der Waals surface area (Å²) in [4.78, 5) is 0. The molecule has 2 aromatic rings. The minimum Gasteiger partial charge on any atom is -0.320 e. The van der Waals surface area contributed by atoms with E-state index < -0.39 is 23.5 Å². The second-order valence-corrected chi connectivity index (χ2v) is 5.05. The van der Waals surface area contributed by atoms with Gasteiger partial charge in [-0.3, -0.25) is 0 Å². The van der Waals surface area contributed by atoms with Crippen molar-refractivity contribution in [1.82, 2.24) is 0 Å². The Bertz CT molecular complexity index is 642. The van der Waals surface area contributed by atoms with Crippen molar-refractivity contribution in [3.05, 3.63) is 69.5 Å². The van der Waals surface area contributed by atoms with Crippen LogP contribution in [0.25, 0.3) is 0 Å². The molecule has 0 radical (unpaired) electrons. The van der Waals surface area contributed by atoms with Gasteiger partial charge in [-0.1, -0.05) is 12.1 Å². The number of hydrogen-bond acceptors (Lipinski definition) is 1. The molecular weight excluding hydrogens is 263 g/mol. The molecule has 0 bridgehead atoms. The fourth-order valence-corrected chi connectivity index (χ4v) is 2.43. The zero-order valence-electron chi connectivity index (χ0n) is 11.6. The highest BCUT2D eigenvalue weighted by atomic mass is 19.1. The topological polar surface area (TPSA) is 26.0 Å². The van der Waals surface area contributed by atoms with Gasteiger partial charge < -0.3 is 5.73 Å². The first-order valence-electron chi connectivity index (χ1n) is 6.29. The van der Waals surface area contributed by atoms with Crippen molar-refractivity contribution >= 4 is 0 Å². The van der Waals surface area contributed by atoms with Crippen LogP contribution in [0, 0.1) is 38.2 Å². The summed E-state index contributed by atoms with van der Waals surface area (Å²) in [6.45, 7) is 4.94. The van der Waals surface area contributed by atoms with Crippen molar-refractivity contribution in [2.75, 3.05) is 0 Å². The average molecular weight is 279 g/mol. The van der Waals surface area contributed by atoms with E-state index >= 15 is 0 Å². The molecule has 2 aromatic carbocycles. The fraction of sp³-hybridized carbons (Fsp3) is 0.250. The van der Waals surface area contributed by atoms with Crippen LogP contribution in [0.2, 0.25) is 0 Å². The Kier molecular flexibility index (Phi) is 3.86. The first-order valence-corrected chi connectivity index (χ1v) is 6.29. The first kappa shape index (κ1) is 14.6. The molecule has 0 aliphatic carbocycles. The van der Waals surface area contributed by atoms with Crippen molar-refractivity contribution in [1.29, 1.82) is 0 Å². The van der Waals surface area contributed by atoms with Gasteiger partial charge in [0.05, 0.1) is 6.04 Å². The molecule has 0 heterocycles. The smallest absolute Gasteiger partial charge is 0.134 e. The lowest BCUT2D eigenvalue weighted by Crippen LogP contribution is -2.19. The fourth-order valence-electron chi connectivity index (χ4n) is 2.43. The second-order valence-electron chi connectivity index (χ2n) is 5.05. The maximum atomic E-state index is 14.1. The molecule has 0 fully saturated rings. The maximum Gasteiger partial charge on any atom is 0.134 e. The molecular formula is C16H16F3N. The normalized spacial score (nSPS) is 12.6. The lowest BCUT2D eigenvalue weighted by Gasteiger charge is -2.19. The summed E-state index contributed by atoms with van der Waals surface area (Å²) in [5, 5.41) is 0. The summed E-state index contributed by atoms with van der Waals surface area (Å²) >= 11 is 0. The first-order chi connectivity index (χ1) is 9.32. The lowest BCUT2D eigenvalue weighted by molar-refractivity contribution is 0.527. The summed E-state index contributed by atoms with van der Waals surface area (Å²) in [6, 6.07) is 4.36. The number of nitrogens with two attached hydrogens (primary N) is 1. The van der Waals surface area contributed by atoms with E-state index in [9.17, 15) is 13.2 Å². The van der Waals surface area contributed by atoms with Crippen LogP contribution in [0.4, 0.5) is 13.2 Å². The average Bonchev–Trinajstić information content (AvgIpc) is 2.33. The highest BCUT2D eigenvalue weighted by Gasteiger charge is 2.24. The predicted molar refractivity (Wildman–Crippen MR) is 73.0 cm³/mol. The monoisotopic (exact) mass is 279 g/mol. The van der Waals surface area contributed by atoms with Gasteiger partial charge in [-0.25, -0.2) is 13.2 Å². The van der Waals surface area contributed by atoms with Gasteiger partial charge in [-0.05, 0) is 49.6 Å². The number of halogens is 3. The summed E-state index contributed by atoms with van der Waals surface area (Å²) in [6.07, 6.45) is 0. The second kappa shape index (κ2) is 5.29. The summed E-state index contributed by atoms with van der Waals surface area (Å²) < 4.78 is 42.1. The van der Waals surface area contributed by atoms with Crippen molar-refractivity contribution in [3.63, 3.8) is 0 Å². The van der Waals surface area contributed by atoms with Crippen LogP contribution in [-0.2, 0) is 0 Å². The van der Waals surface area contributed by atoms with Crippen LogP contribution in [-0.4, -0.2) is 0 Å². The molecule has 1 unspecified atom stereocenters. The van der Waals surface area contributed by atoms with Crippen LogP contribution >= 0.6 is 0 Å². The van der Waals surface area contributed by atoms with Gasteiger partial charge in [0.25, 0.3) is 0 Å². The van der Waals surface area contributed by atoms with Crippen LogP contribution < -0.4 is 5.73 Å². The minimum absolute atomic E-state index is 0.124. The minimum atomic E-state index is -1.17. The molecule has 2 N–H and O–H groups in total. The van der Waals surface area contributed by atoms with E-state index in [-0.39, 0.29) is 16.7 Å². The number of benzene rings is 2. The Morgan fingerprint density at radius 1 is 0.850 bits per heavy atom. The highest BCUT2D eigenvalue weighted by Crippen LogP contribution is 2.30. The van der Waals surface area contributed by atoms with Gasteiger partial charge >= 0.3 is 0 Å². The Morgan fingerprint density at radius 3 is 2.10 bits per heavy atom. The standard InChI is InChI=1S/C16H16F3N/c1-8-6-10(3)13(12(18)7-8)16(20)14-11(17)5-4-9(2)15(14)19/h4-7,16H,20H2,1-3H3. The van der Waals surface area contributed by atoms with Crippen molar-refractivity contribution < 1.29 is 13.2 Å². The summed E-state index contributed by atoms with van der Waals surface area (Å²) in [5.74, 6) is -2.04. The zero-order chi connectivity index (χ0) is 15.0. The van der Waals surface area contributed by atoms with Crippen LogP contribution in [0.15, 0.2) is 24.3 Å². The Hall–Kier alpha value is -1.81. The molecule has 1 atom stereocenters. The van der Waals surface area contributed by atoms with Gasteiger partial charge in [0.1, 0.15) is 17.5 Å². The Balaban J connectivity index is 2.64. The molecule has 2 rings (SSSR count). The van der Waals surface area contributed by atoms with Gasteiger partial charge in [0.2, 0.25) is 0 Å². The zero-order valence-corrected chi connectivity index (χ0v) is 11.6. The quantitative estimate of drug-likeness (QED) is 0.880. The van der Waals surface area contributed by atoms with E-state index in [0.717, 1.165) is 11.6 Å². The van der Waals surface area contributed by atoms with Gasteiger partial charge in [0, 0.05) is 11.1 Å². The molecule has 106 valence electrons. The van der Waals surface area contributed by atoms with Crippen molar-refractivity contribution in [3.8, 4) is 0 Å². The van der Waals surface area contributed by atoms with Gasteiger partial charge in [-0.2, -0.15) is 0 Å². The molecule has 0 aliphatic heterocycles. The number of aryl methyl sites for hydroxylation is 3. The molecule has 4 heteroatoms. The Morgan fingerprint density at radius 2 is 1.50 bits per heavy atom. The number of hydrogen-bond donors (Lipinski definition) is 1. The van der Waals surface area contributed by atoms with Crippen molar-refractivity contribution in [2.45, 2.75) is 26.8 Å². The molecule has 0 saturated carbocycles. The summed E-state index contributed by atoms with van der Waals surface area (Å²) in [7, 11) is 0. The summed E-state index contributed by atoms with van der Waals surface area (Å²) in [5.41, 5.74) is 7.34. The largest absolute Gasteiger partial charge is 0.320 e. The van der Waals surface area contributed by atoms with Crippen LogP contribution in [0.5, 0.6) is 0 Å². The molecule has 0 aromatic heterocycles. The molecule has 0 aliphatic rings. The molecule has 1 nitrogen and oxygen atoms in total. The Labute approximate surface area is 116 Å². The third-order valence-electron chi connectivity index (χ3n) is 3.42. The predicted octanol–water partition coefficient (Wildman–Crippen LogP) is 4.08. The maximum absolute atomic E-state index is 14.1. The molecule has 20 heavy (non-hydrogen) atoms. The van der Waals surface area contributed by atoms with E-state index in [4.69, 9.17) is 5.73 Å². The van der Waals surface area contributed by atoms with Gasteiger partial charge in [0.15, 0.2) is 0 Å². The lowest BCUT2D eigenvalue weighted by atomic mass is 9.92. The SMILES string of the molecule is Cc1cc(C)c(C(N)c2c(F)ccc(C)c2F)c(F)c1. The molecule has 0 saturated heterocycles. The molecule has 0 spiro atoms. The van der Waals surface area contributed by atoms with E-state index in [1.165, 1.54) is 19.1 Å². The van der Waals surface area contributed by atoms with Gasteiger partial charge in [-0.15, -0.1) is 0 Å². The van der Waals surface area contributed by atoms with Crippen LogP contribution in [0.1, 0.15) is 33.9 Å². The van der Waals surface area contributed by atoms with Crippen molar-refractivity contribution in [2.24, 2.45) is 5.73 Å². The third-order valence-corrected chi connectivity index (χ3v) is 3.42. The number of rotatable bonds is 2.